The lowest BCUT2D eigenvalue weighted by Crippen LogP contribution is -2.45. The molecule has 26 heavy (non-hydrogen) atoms. The fraction of sp³-hybridized carbons (Fsp3) is 0.588. The molecule has 1 fully saturated rings. The molecule has 0 saturated carbocycles. The number of rotatable bonds is 6. The number of nitrogens with zero attached hydrogens (tertiary/aromatic N) is 2. The van der Waals surface area contributed by atoms with Crippen molar-refractivity contribution in [1.82, 2.24) is 14.9 Å². The van der Waals surface area contributed by atoms with Gasteiger partial charge in [-0.2, -0.15) is 11.8 Å². The Labute approximate surface area is 159 Å². The van der Waals surface area contributed by atoms with Crippen LogP contribution in [0.15, 0.2) is 29.3 Å². The van der Waals surface area contributed by atoms with Crippen LogP contribution in [0.1, 0.15) is 5.56 Å². The smallest absolute Gasteiger partial charge is 0.215 e. The van der Waals surface area contributed by atoms with E-state index in [0.717, 1.165) is 23.7 Å². The van der Waals surface area contributed by atoms with Crippen molar-refractivity contribution in [2.75, 3.05) is 50.5 Å². The van der Waals surface area contributed by atoms with Crippen molar-refractivity contribution in [3.8, 4) is 5.75 Å². The second-order valence-electron chi connectivity index (χ2n) is 6.26. The molecular weight excluding hydrogens is 372 g/mol. The molecule has 0 aliphatic carbocycles. The molecule has 0 aromatic heterocycles. The first kappa shape index (κ1) is 19.3. The number of fused-ring (bicyclic) bond motifs is 1. The quantitative estimate of drug-likeness (QED) is 0.537. The number of hydrogen-bond donors (Lipinski definition) is 2. The van der Waals surface area contributed by atoms with Gasteiger partial charge in [0.15, 0.2) is 5.96 Å². The zero-order valence-corrected chi connectivity index (χ0v) is 16.6. The van der Waals surface area contributed by atoms with Crippen molar-refractivity contribution < 1.29 is 13.2 Å². The van der Waals surface area contributed by atoms with E-state index < -0.39 is 10.0 Å². The van der Waals surface area contributed by atoms with Gasteiger partial charge >= 0.3 is 0 Å². The number of guanidine groups is 1. The molecule has 1 unspecified atom stereocenters. The second-order valence-corrected chi connectivity index (χ2v) is 9.57. The zero-order chi connectivity index (χ0) is 18.4. The maximum atomic E-state index is 12.3. The molecule has 1 aromatic carbocycles. The summed E-state index contributed by atoms with van der Waals surface area (Å²) in [7, 11) is -1.53. The Kier molecular flexibility index (Phi) is 6.66. The molecule has 2 heterocycles. The predicted octanol–water partition coefficient (Wildman–Crippen LogP) is 0.534. The summed E-state index contributed by atoms with van der Waals surface area (Å²) in [4.78, 5) is 4.16. The number of hydrogen-bond acceptors (Lipinski definition) is 5. The van der Waals surface area contributed by atoms with Crippen molar-refractivity contribution >= 4 is 27.7 Å². The van der Waals surface area contributed by atoms with E-state index in [0.29, 0.717) is 32.1 Å². The molecule has 144 valence electrons. The van der Waals surface area contributed by atoms with Crippen molar-refractivity contribution in [3.05, 3.63) is 29.8 Å². The van der Waals surface area contributed by atoms with Gasteiger partial charge in [-0.25, -0.2) is 12.7 Å². The van der Waals surface area contributed by atoms with Crippen LogP contribution in [0.4, 0.5) is 0 Å². The lowest BCUT2D eigenvalue weighted by atomic mass is 10.1. The Morgan fingerprint density at radius 1 is 1.31 bits per heavy atom. The third-order valence-electron chi connectivity index (χ3n) is 4.45. The number of benzene rings is 1. The van der Waals surface area contributed by atoms with E-state index in [1.54, 1.807) is 23.1 Å². The van der Waals surface area contributed by atoms with E-state index in [1.807, 2.05) is 18.2 Å². The number of aliphatic imine (C=N–C) groups is 1. The molecule has 0 spiro atoms. The van der Waals surface area contributed by atoms with Crippen molar-refractivity contribution in [2.24, 2.45) is 4.99 Å². The molecule has 1 atom stereocenters. The Balaban J connectivity index is 1.40. The lowest BCUT2D eigenvalue weighted by molar-refractivity contribution is 0.235. The molecule has 2 aliphatic rings. The van der Waals surface area contributed by atoms with Gasteiger partial charge in [0.25, 0.3) is 0 Å². The third kappa shape index (κ3) is 5.05. The highest BCUT2D eigenvalue weighted by molar-refractivity contribution is 7.99. The van der Waals surface area contributed by atoms with Gasteiger partial charge in [0.1, 0.15) is 11.9 Å². The van der Waals surface area contributed by atoms with E-state index in [1.165, 1.54) is 5.56 Å². The van der Waals surface area contributed by atoms with Gasteiger partial charge in [-0.15, -0.1) is 0 Å². The van der Waals surface area contributed by atoms with Crippen LogP contribution >= 0.6 is 11.8 Å². The minimum Gasteiger partial charge on any atom is -0.488 e. The van der Waals surface area contributed by atoms with E-state index in [9.17, 15) is 8.42 Å². The van der Waals surface area contributed by atoms with Gasteiger partial charge in [-0.3, -0.25) is 4.99 Å². The normalized spacial score (nSPS) is 21.1. The van der Waals surface area contributed by atoms with E-state index >= 15 is 0 Å². The minimum absolute atomic E-state index is 0.0560. The van der Waals surface area contributed by atoms with Crippen LogP contribution in [0.5, 0.6) is 5.75 Å². The summed E-state index contributed by atoms with van der Waals surface area (Å²) in [6.45, 7) is 2.17. The van der Waals surface area contributed by atoms with Crippen LogP contribution in [0.25, 0.3) is 0 Å². The second kappa shape index (κ2) is 8.96. The first-order chi connectivity index (χ1) is 12.6. The SMILES string of the molecule is CN=C(NCCS(=O)(=O)N1CCSCC1)NCC1Cc2ccccc2O1. The largest absolute Gasteiger partial charge is 0.488 e. The molecule has 1 aromatic rings. The van der Waals surface area contributed by atoms with Gasteiger partial charge in [0.2, 0.25) is 10.0 Å². The molecule has 2 aliphatic heterocycles. The number of sulfonamides is 1. The summed E-state index contributed by atoms with van der Waals surface area (Å²) in [5.41, 5.74) is 1.22. The Morgan fingerprint density at radius 2 is 2.08 bits per heavy atom. The van der Waals surface area contributed by atoms with E-state index in [-0.39, 0.29) is 11.9 Å². The molecule has 1 saturated heterocycles. The summed E-state index contributed by atoms with van der Waals surface area (Å²) in [6, 6.07) is 8.04. The summed E-state index contributed by atoms with van der Waals surface area (Å²) in [5, 5.41) is 6.30. The van der Waals surface area contributed by atoms with Crippen molar-refractivity contribution in [2.45, 2.75) is 12.5 Å². The highest BCUT2D eigenvalue weighted by Crippen LogP contribution is 2.27. The first-order valence-electron chi connectivity index (χ1n) is 8.83. The average Bonchev–Trinajstić information content (AvgIpc) is 3.08. The van der Waals surface area contributed by atoms with Crippen molar-refractivity contribution in [1.29, 1.82) is 0 Å². The molecule has 0 radical (unpaired) electrons. The minimum atomic E-state index is -3.20. The molecular formula is C17H26N4O3S2. The van der Waals surface area contributed by atoms with Crippen LogP contribution in [0.2, 0.25) is 0 Å². The van der Waals surface area contributed by atoms with Gasteiger partial charge < -0.3 is 15.4 Å². The molecule has 2 N–H and O–H groups in total. The highest BCUT2D eigenvalue weighted by Gasteiger charge is 2.24. The van der Waals surface area contributed by atoms with E-state index in [4.69, 9.17) is 4.74 Å². The summed E-state index contributed by atoms with van der Waals surface area (Å²) < 4.78 is 32.2. The van der Waals surface area contributed by atoms with Gasteiger partial charge in [-0.1, -0.05) is 18.2 Å². The standard InChI is InChI=1S/C17H26N4O3S2/c1-18-17(19-6-11-26(22,23)21-7-9-25-10-8-21)20-13-15-12-14-4-2-3-5-16(14)24-15/h2-5,15H,6-13H2,1H3,(H2,18,19,20). The Morgan fingerprint density at radius 3 is 2.81 bits per heavy atom. The summed E-state index contributed by atoms with van der Waals surface area (Å²) in [6.07, 6.45) is 0.919. The topological polar surface area (TPSA) is 83.0 Å². The molecule has 3 rings (SSSR count). The van der Waals surface area contributed by atoms with Gasteiger partial charge in [-0.05, 0) is 11.6 Å². The van der Waals surface area contributed by atoms with Crippen LogP contribution in [0.3, 0.4) is 0 Å². The maximum absolute atomic E-state index is 12.3. The lowest BCUT2D eigenvalue weighted by Gasteiger charge is -2.25. The fourth-order valence-electron chi connectivity index (χ4n) is 3.05. The van der Waals surface area contributed by atoms with Gasteiger partial charge in [0, 0.05) is 44.6 Å². The van der Waals surface area contributed by atoms with Crippen LogP contribution in [-0.4, -0.2) is 75.3 Å². The number of para-hydroxylation sites is 1. The maximum Gasteiger partial charge on any atom is 0.215 e. The summed E-state index contributed by atoms with van der Waals surface area (Å²) in [5.74, 6) is 3.35. The molecule has 7 nitrogen and oxygen atoms in total. The van der Waals surface area contributed by atoms with Crippen molar-refractivity contribution in [3.63, 3.8) is 0 Å². The Hall–Kier alpha value is -1.45. The number of ether oxygens (including phenoxy) is 1. The monoisotopic (exact) mass is 398 g/mol. The number of thioether (sulfide) groups is 1. The average molecular weight is 399 g/mol. The van der Waals surface area contributed by atoms with Crippen LogP contribution < -0.4 is 15.4 Å². The number of nitrogens with one attached hydrogen (secondary N) is 2. The fourth-order valence-corrected chi connectivity index (χ4v) is 5.54. The predicted molar refractivity (Wildman–Crippen MR) is 107 cm³/mol. The van der Waals surface area contributed by atoms with Crippen LogP contribution in [0, 0.1) is 0 Å². The zero-order valence-electron chi connectivity index (χ0n) is 15.0. The molecule has 9 heteroatoms. The van der Waals surface area contributed by atoms with Gasteiger partial charge in [0.05, 0.1) is 12.3 Å². The first-order valence-corrected chi connectivity index (χ1v) is 11.6. The summed E-state index contributed by atoms with van der Waals surface area (Å²) >= 11 is 1.80. The van der Waals surface area contributed by atoms with E-state index in [2.05, 4.69) is 21.7 Å². The van der Waals surface area contributed by atoms with Crippen LogP contribution in [-0.2, 0) is 16.4 Å². The highest BCUT2D eigenvalue weighted by atomic mass is 32.2. The third-order valence-corrected chi connectivity index (χ3v) is 7.26. The molecule has 0 amide bonds. The Bertz CT molecular complexity index is 708. The molecule has 0 bridgehead atoms.